The molecule has 3 nitrogen and oxygen atoms in total. The fraction of sp³-hybridized carbons (Fsp3) is 0.280. The van der Waals surface area contributed by atoms with Gasteiger partial charge < -0.3 is 15.2 Å². The second-order valence-electron chi connectivity index (χ2n) is 7.59. The molecular weight excluding hydrogens is 365 g/mol. The van der Waals surface area contributed by atoms with E-state index in [2.05, 4.69) is 29.6 Å². The Hall–Kier alpha value is -2.53. The lowest BCUT2D eigenvalue weighted by atomic mass is 9.82. The zero-order valence-corrected chi connectivity index (χ0v) is 16.2. The molecule has 1 aliphatic rings. The van der Waals surface area contributed by atoms with Crippen molar-refractivity contribution in [3.05, 3.63) is 107 Å². The maximum Gasteiger partial charge on any atom is 0.123 e. The molecule has 3 aromatic rings. The molecule has 0 aliphatic carbocycles. The molecular formula is C25H26FNO2. The van der Waals surface area contributed by atoms with Crippen LogP contribution in [0.5, 0.6) is 0 Å². The first-order valence-corrected chi connectivity index (χ1v) is 10.1. The van der Waals surface area contributed by atoms with E-state index < -0.39 is 6.10 Å². The van der Waals surface area contributed by atoms with Crippen LogP contribution in [0.15, 0.2) is 84.9 Å². The van der Waals surface area contributed by atoms with Crippen molar-refractivity contribution in [2.24, 2.45) is 0 Å². The fourth-order valence-electron chi connectivity index (χ4n) is 4.03. The second kappa shape index (κ2) is 9.31. The largest absolute Gasteiger partial charge is 0.391 e. The topological polar surface area (TPSA) is 41.5 Å². The first-order chi connectivity index (χ1) is 14.2. The number of hydrogen-bond donors (Lipinski definition) is 2. The van der Waals surface area contributed by atoms with Gasteiger partial charge in [-0.15, -0.1) is 0 Å². The van der Waals surface area contributed by atoms with Gasteiger partial charge in [-0.2, -0.15) is 0 Å². The molecule has 1 saturated heterocycles. The van der Waals surface area contributed by atoms with E-state index in [0.717, 1.165) is 5.56 Å². The van der Waals surface area contributed by atoms with Gasteiger partial charge in [0.25, 0.3) is 0 Å². The summed E-state index contributed by atoms with van der Waals surface area (Å²) in [5.41, 5.74) is 3.36. The predicted molar refractivity (Wildman–Crippen MR) is 112 cm³/mol. The highest BCUT2D eigenvalue weighted by molar-refractivity contribution is 5.34. The number of hydrogen-bond acceptors (Lipinski definition) is 3. The van der Waals surface area contributed by atoms with E-state index in [4.69, 9.17) is 4.74 Å². The van der Waals surface area contributed by atoms with Crippen LogP contribution in [0.1, 0.15) is 29.0 Å². The molecule has 0 amide bonds. The van der Waals surface area contributed by atoms with Gasteiger partial charge in [0.2, 0.25) is 0 Å². The standard InChI is InChI=1S/C25H26FNO2/c26-21-13-11-18(12-14-21)16-27-22-17-29-24(15-23(22)28)25(19-7-3-1-4-8-19)20-9-5-2-6-10-20/h1-14,22-25,27-28H,15-17H2/t22-,23?,24+/m0/s1. The molecule has 150 valence electrons. The Morgan fingerprint density at radius 1 is 0.897 bits per heavy atom. The van der Waals surface area contributed by atoms with E-state index in [1.807, 2.05) is 36.4 Å². The van der Waals surface area contributed by atoms with Crippen molar-refractivity contribution in [3.8, 4) is 0 Å². The van der Waals surface area contributed by atoms with Crippen molar-refractivity contribution in [1.29, 1.82) is 0 Å². The molecule has 1 fully saturated rings. The summed E-state index contributed by atoms with van der Waals surface area (Å²) in [5, 5.41) is 14.2. The van der Waals surface area contributed by atoms with Crippen molar-refractivity contribution in [1.82, 2.24) is 5.32 Å². The maximum atomic E-state index is 13.1. The predicted octanol–water partition coefficient (Wildman–Crippen LogP) is 4.27. The molecule has 3 aromatic carbocycles. The molecule has 29 heavy (non-hydrogen) atoms. The molecule has 1 heterocycles. The highest BCUT2D eigenvalue weighted by atomic mass is 19.1. The molecule has 0 bridgehead atoms. The summed E-state index contributed by atoms with van der Waals surface area (Å²) in [6.45, 7) is 1.00. The number of rotatable bonds is 6. The average molecular weight is 391 g/mol. The lowest BCUT2D eigenvalue weighted by Crippen LogP contribution is -2.50. The molecule has 4 rings (SSSR count). The van der Waals surface area contributed by atoms with Gasteiger partial charge in [0.1, 0.15) is 5.82 Å². The second-order valence-corrected chi connectivity index (χ2v) is 7.59. The number of aliphatic hydroxyl groups excluding tert-OH is 1. The van der Waals surface area contributed by atoms with Crippen molar-refractivity contribution in [2.45, 2.75) is 37.1 Å². The van der Waals surface area contributed by atoms with E-state index in [1.165, 1.54) is 23.3 Å². The van der Waals surface area contributed by atoms with Crippen LogP contribution in [-0.4, -0.2) is 30.0 Å². The lowest BCUT2D eigenvalue weighted by molar-refractivity contribution is -0.0718. The van der Waals surface area contributed by atoms with Crippen molar-refractivity contribution in [3.63, 3.8) is 0 Å². The minimum absolute atomic E-state index is 0.0742. The van der Waals surface area contributed by atoms with E-state index >= 15 is 0 Å². The summed E-state index contributed by atoms with van der Waals surface area (Å²) in [4.78, 5) is 0. The van der Waals surface area contributed by atoms with Gasteiger partial charge in [0, 0.05) is 18.9 Å². The summed E-state index contributed by atoms with van der Waals surface area (Å²) in [6.07, 6.45) is -0.0574. The quantitative estimate of drug-likeness (QED) is 0.660. The molecule has 0 spiro atoms. The molecule has 1 aliphatic heterocycles. The average Bonchev–Trinajstić information content (AvgIpc) is 2.76. The van der Waals surface area contributed by atoms with Crippen molar-refractivity contribution in [2.75, 3.05) is 6.61 Å². The third-order valence-electron chi connectivity index (χ3n) is 5.60. The normalized spacial score (nSPS) is 22.0. The Kier molecular flexibility index (Phi) is 6.35. The minimum atomic E-state index is -0.510. The molecule has 4 heteroatoms. The first-order valence-electron chi connectivity index (χ1n) is 10.1. The maximum absolute atomic E-state index is 13.1. The van der Waals surface area contributed by atoms with Crippen LogP contribution in [0.25, 0.3) is 0 Å². The Balaban J connectivity index is 1.44. The third-order valence-corrected chi connectivity index (χ3v) is 5.60. The Labute approximate surface area is 171 Å². The highest BCUT2D eigenvalue weighted by Gasteiger charge is 2.35. The molecule has 0 radical (unpaired) electrons. The van der Waals surface area contributed by atoms with Gasteiger partial charge in [0.05, 0.1) is 24.9 Å². The summed E-state index contributed by atoms with van der Waals surface area (Å²) in [6, 6.07) is 26.9. The molecule has 3 atom stereocenters. The van der Waals surface area contributed by atoms with Crippen LogP contribution >= 0.6 is 0 Å². The Morgan fingerprint density at radius 2 is 1.48 bits per heavy atom. The SMILES string of the molecule is OC1C[C@H](C(c2ccccc2)c2ccccc2)OC[C@@H]1NCc1ccc(F)cc1. The van der Waals surface area contributed by atoms with Crippen molar-refractivity contribution >= 4 is 0 Å². The van der Waals surface area contributed by atoms with Crippen LogP contribution in [0.2, 0.25) is 0 Å². The van der Waals surface area contributed by atoms with Crippen LogP contribution in [0.3, 0.4) is 0 Å². The van der Waals surface area contributed by atoms with Crippen molar-refractivity contribution < 1.29 is 14.2 Å². The highest BCUT2D eigenvalue weighted by Crippen LogP contribution is 2.34. The van der Waals surface area contributed by atoms with Gasteiger partial charge in [-0.25, -0.2) is 4.39 Å². The zero-order chi connectivity index (χ0) is 20.1. The van der Waals surface area contributed by atoms with Crippen LogP contribution in [-0.2, 0) is 11.3 Å². The minimum Gasteiger partial charge on any atom is -0.391 e. The third kappa shape index (κ3) is 4.91. The molecule has 1 unspecified atom stereocenters. The summed E-state index contributed by atoms with van der Waals surface area (Å²) >= 11 is 0. The van der Waals surface area contributed by atoms with Crippen LogP contribution in [0.4, 0.5) is 4.39 Å². The van der Waals surface area contributed by atoms with Crippen LogP contribution in [0, 0.1) is 5.82 Å². The van der Waals surface area contributed by atoms with Gasteiger partial charge >= 0.3 is 0 Å². The monoisotopic (exact) mass is 391 g/mol. The van der Waals surface area contributed by atoms with Gasteiger partial charge in [0.15, 0.2) is 0 Å². The van der Waals surface area contributed by atoms with E-state index in [9.17, 15) is 9.50 Å². The van der Waals surface area contributed by atoms with Crippen LogP contribution < -0.4 is 5.32 Å². The fourth-order valence-corrected chi connectivity index (χ4v) is 4.03. The Bertz CT molecular complexity index is 846. The van der Waals surface area contributed by atoms with Gasteiger partial charge in [-0.3, -0.25) is 0 Å². The number of ether oxygens (including phenoxy) is 1. The summed E-state index contributed by atoms with van der Waals surface area (Å²) in [5.74, 6) is -0.171. The molecule has 0 saturated carbocycles. The summed E-state index contributed by atoms with van der Waals surface area (Å²) in [7, 11) is 0. The molecule has 0 aromatic heterocycles. The van der Waals surface area contributed by atoms with Gasteiger partial charge in [-0.05, 0) is 28.8 Å². The molecule has 2 N–H and O–H groups in total. The first kappa shape index (κ1) is 19.8. The number of benzene rings is 3. The van der Waals surface area contributed by atoms with Gasteiger partial charge in [-0.1, -0.05) is 72.8 Å². The number of halogens is 1. The number of nitrogens with one attached hydrogen (secondary N) is 1. The zero-order valence-electron chi connectivity index (χ0n) is 16.2. The smallest absolute Gasteiger partial charge is 0.123 e. The van der Waals surface area contributed by atoms with E-state index in [-0.39, 0.29) is 23.9 Å². The Morgan fingerprint density at radius 3 is 2.03 bits per heavy atom. The van der Waals surface area contributed by atoms with E-state index in [0.29, 0.717) is 19.6 Å². The lowest BCUT2D eigenvalue weighted by Gasteiger charge is -2.38. The summed E-state index contributed by atoms with van der Waals surface area (Å²) < 4.78 is 19.3. The van der Waals surface area contributed by atoms with E-state index in [1.54, 1.807) is 12.1 Å². The number of aliphatic hydroxyl groups is 1.